The predicted molar refractivity (Wildman–Crippen MR) is 73.7 cm³/mol. The summed E-state index contributed by atoms with van der Waals surface area (Å²) in [5.41, 5.74) is 0.520. The second-order valence-corrected chi connectivity index (χ2v) is 6.08. The first-order chi connectivity index (χ1) is 9.45. The van der Waals surface area contributed by atoms with E-state index in [9.17, 15) is 13.2 Å². The molecule has 1 atom stereocenters. The van der Waals surface area contributed by atoms with Crippen molar-refractivity contribution in [2.45, 2.75) is 17.4 Å². The van der Waals surface area contributed by atoms with Gasteiger partial charge >= 0.3 is 0 Å². The van der Waals surface area contributed by atoms with Crippen LogP contribution in [0.3, 0.4) is 0 Å². The van der Waals surface area contributed by atoms with Crippen molar-refractivity contribution in [2.24, 2.45) is 5.14 Å². The molecule has 1 aromatic carbocycles. The van der Waals surface area contributed by atoms with Gasteiger partial charge in [-0.3, -0.25) is 4.79 Å². The van der Waals surface area contributed by atoms with Crippen molar-refractivity contribution in [3.63, 3.8) is 0 Å². The van der Waals surface area contributed by atoms with E-state index in [1.807, 2.05) is 0 Å². The minimum Gasteiger partial charge on any atom is -0.375 e. The van der Waals surface area contributed by atoms with Gasteiger partial charge in [-0.15, -0.1) is 0 Å². The molecule has 0 aliphatic carbocycles. The number of hydrogen-bond donors (Lipinski definition) is 3. The van der Waals surface area contributed by atoms with Gasteiger partial charge in [0.2, 0.25) is 15.9 Å². The molecule has 0 bridgehead atoms. The molecule has 1 aliphatic heterocycles. The maximum atomic E-state index is 11.8. The van der Waals surface area contributed by atoms with Crippen LogP contribution in [0.4, 0.5) is 5.69 Å². The number of carbonyl (C=O) groups excluding carboxylic acids is 1. The number of benzene rings is 1. The van der Waals surface area contributed by atoms with E-state index in [0.29, 0.717) is 18.8 Å². The van der Waals surface area contributed by atoms with Gasteiger partial charge in [0.15, 0.2) is 0 Å². The average Bonchev–Trinajstić information content (AvgIpc) is 2.39. The average molecular weight is 299 g/mol. The molecule has 4 N–H and O–H groups in total. The molecular formula is C12H17N3O4S. The first kappa shape index (κ1) is 14.9. The molecule has 0 aromatic heterocycles. The fourth-order valence-corrected chi connectivity index (χ4v) is 2.41. The van der Waals surface area contributed by atoms with Gasteiger partial charge in [0, 0.05) is 18.8 Å². The van der Waals surface area contributed by atoms with E-state index in [1.54, 1.807) is 0 Å². The van der Waals surface area contributed by atoms with Crippen LogP contribution in [0.1, 0.15) is 6.42 Å². The summed E-state index contributed by atoms with van der Waals surface area (Å²) in [6.07, 6.45) is 0.122. The molecule has 1 saturated heterocycles. The van der Waals surface area contributed by atoms with Gasteiger partial charge in [-0.1, -0.05) is 0 Å². The molecule has 0 saturated carbocycles. The zero-order valence-corrected chi connectivity index (χ0v) is 11.7. The second kappa shape index (κ2) is 6.31. The smallest absolute Gasteiger partial charge is 0.238 e. The molecule has 1 unspecified atom stereocenters. The third-order valence-electron chi connectivity index (χ3n) is 2.88. The summed E-state index contributed by atoms with van der Waals surface area (Å²) in [6.45, 7) is 2.05. The molecular weight excluding hydrogens is 282 g/mol. The number of morpholine rings is 1. The van der Waals surface area contributed by atoms with Crippen molar-refractivity contribution < 1.29 is 17.9 Å². The lowest BCUT2D eigenvalue weighted by Gasteiger charge is -2.23. The molecule has 0 radical (unpaired) electrons. The van der Waals surface area contributed by atoms with Crippen LogP contribution in [0, 0.1) is 0 Å². The van der Waals surface area contributed by atoms with Gasteiger partial charge in [-0.25, -0.2) is 13.6 Å². The van der Waals surface area contributed by atoms with E-state index in [1.165, 1.54) is 24.3 Å². The third-order valence-corrected chi connectivity index (χ3v) is 3.81. The van der Waals surface area contributed by atoms with Crippen LogP contribution >= 0.6 is 0 Å². The number of rotatable bonds is 4. The van der Waals surface area contributed by atoms with Crippen molar-refractivity contribution in [3.8, 4) is 0 Å². The predicted octanol–water partition coefficient (Wildman–Crippen LogP) is -0.349. The van der Waals surface area contributed by atoms with Crippen LogP contribution in [-0.4, -0.2) is 40.1 Å². The Morgan fingerprint density at radius 2 is 2.10 bits per heavy atom. The van der Waals surface area contributed by atoms with Crippen molar-refractivity contribution in [1.29, 1.82) is 0 Å². The quantitative estimate of drug-likeness (QED) is 0.704. The van der Waals surface area contributed by atoms with Crippen molar-refractivity contribution >= 4 is 21.6 Å². The lowest BCUT2D eigenvalue weighted by Crippen LogP contribution is -2.40. The molecule has 1 heterocycles. The van der Waals surface area contributed by atoms with E-state index in [0.717, 1.165) is 6.54 Å². The Bertz CT molecular complexity index is 565. The highest BCUT2D eigenvalue weighted by atomic mass is 32.2. The SMILES string of the molecule is NS(=O)(=O)c1ccc(NC(=O)CC2CNCCO2)cc1. The van der Waals surface area contributed by atoms with Gasteiger partial charge in [-0.05, 0) is 24.3 Å². The summed E-state index contributed by atoms with van der Waals surface area (Å²) in [6, 6.07) is 5.70. The summed E-state index contributed by atoms with van der Waals surface area (Å²) in [4.78, 5) is 11.8. The number of anilines is 1. The molecule has 7 nitrogen and oxygen atoms in total. The Kier molecular flexibility index (Phi) is 4.71. The second-order valence-electron chi connectivity index (χ2n) is 4.52. The molecule has 2 rings (SSSR count). The van der Waals surface area contributed by atoms with E-state index >= 15 is 0 Å². The van der Waals surface area contributed by atoms with E-state index in [2.05, 4.69) is 10.6 Å². The minimum atomic E-state index is -3.71. The van der Waals surface area contributed by atoms with E-state index in [-0.39, 0.29) is 23.3 Å². The Balaban J connectivity index is 1.91. The van der Waals surface area contributed by atoms with Crippen molar-refractivity contribution in [2.75, 3.05) is 25.0 Å². The minimum absolute atomic E-state index is 0.00955. The number of sulfonamides is 1. The van der Waals surface area contributed by atoms with Crippen molar-refractivity contribution in [1.82, 2.24) is 5.32 Å². The molecule has 1 aromatic rings. The van der Waals surface area contributed by atoms with Gasteiger partial charge in [-0.2, -0.15) is 0 Å². The number of hydrogen-bond acceptors (Lipinski definition) is 5. The largest absolute Gasteiger partial charge is 0.375 e. The molecule has 1 aliphatic rings. The number of carbonyl (C=O) groups is 1. The summed E-state index contributed by atoms with van der Waals surface area (Å²) in [7, 11) is -3.71. The van der Waals surface area contributed by atoms with Gasteiger partial charge in [0.1, 0.15) is 0 Å². The number of nitrogens with two attached hydrogens (primary N) is 1. The lowest BCUT2D eigenvalue weighted by molar-refractivity contribution is -0.119. The summed E-state index contributed by atoms with van der Waals surface area (Å²) in [5, 5.41) is 10.8. The highest BCUT2D eigenvalue weighted by Crippen LogP contribution is 2.13. The highest BCUT2D eigenvalue weighted by molar-refractivity contribution is 7.89. The van der Waals surface area contributed by atoms with Crippen LogP contribution in [0.15, 0.2) is 29.2 Å². The van der Waals surface area contributed by atoms with Gasteiger partial charge in [0.05, 0.1) is 24.0 Å². The van der Waals surface area contributed by atoms with E-state index < -0.39 is 10.0 Å². The zero-order valence-electron chi connectivity index (χ0n) is 10.8. The fourth-order valence-electron chi connectivity index (χ4n) is 1.90. The maximum Gasteiger partial charge on any atom is 0.238 e. The molecule has 0 spiro atoms. The number of nitrogens with one attached hydrogen (secondary N) is 2. The Hall–Kier alpha value is -1.48. The van der Waals surface area contributed by atoms with Crippen LogP contribution in [0.2, 0.25) is 0 Å². The molecule has 110 valence electrons. The Morgan fingerprint density at radius 1 is 1.40 bits per heavy atom. The monoisotopic (exact) mass is 299 g/mol. The molecule has 1 fully saturated rings. The van der Waals surface area contributed by atoms with Crippen molar-refractivity contribution in [3.05, 3.63) is 24.3 Å². The normalized spacial score (nSPS) is 19.6. The summed E-state index contributed by atoms with van der Waals surface area (Å²) >= 11 is 0. The summed E-state index contributed by atoms with van der Waals surface area (Å²) in [5.74, 6) is -0.179. The van der Waals surface area contributed by atoms with Crippen LogP contribution in [-0.2, 0) is 19.6 Å². The number of ether oxygens (including phenoxy) is 1. The standard InChI is InChI=1S/C12H17N3O4S/c13-20(17,18)11-3-1-9(2-4-11)15-12(16)7-10-8-14-5-6-19-10/h1-4,10,14H,5-8H2,(H,15,16)(H2,13,17,18). The van der Waals surface area contributed by atoms with Gasteiger partial charge < -0.3 is 15.4 Å². The molecule has 1 amide bonds. The first-order valence-electron chi connectivity index (χ1n) is 6.20. The Labute approximate surface area is 117 Å². The van der Waals surface area contributed by atoms with Crippen LogP contribution < -0.4 is 15.8 Å². The topological polar surface area (TPSA) is 111 Å². The fraction of sp³-hybridized carbons (Fsp3) is 0.417. The third kappa shape index (κ3) is 4.27. The summed E-state index contributed by atoms with van der Waals surface area (Å²) < 4.78 is 27.6. The lowest BCUT2D eigenvalue weighted by atomic mass is 10.2. The first-order valence-corrected chi connectivity index (χ1v) is 7.75. The zero-order chi connectivity index (χ0) is 14.6. The number of primary sulfonamides is 1. The van der Waals surface area contributed by atoms with Gasteiger partial charge in [0.25, 0.3) is 0 Å². The molecule has 20 heavy (non-hydrogen) atoms. The van der Waals surface area contributed by atoms with E-state index in [4.69, 9.17) is 9.88 Å². The highest BCUT2D eigenvalue weighted by Gasteiger charge is 2.17. The Morgan fingerprint density at radius 3 is 2.65 bits per heavy atom. The van der Waals surface area contributed by atoms with Crippen LogP contribution in [0.25, 0.3) is 0 Å². The maximum absolute atomic E-state index is 11.8. The molecule has 8 heteroatoms. The number of amides is 1. The van der Waals surface area contributed by atoms with Crippen LogP contribution in [0.5, 0.6) is 0 Å².